The molecule has 7 heteroatoms. The standard InChI is InChI=1S/C26H36N2O5/c1-18(2)17-33-25-15-21(7-9-23(25)31-4)27-26(29)20-10-12-28(13-11-20)16-19-6-8-22(30-3)24(14-19)32-5/h6-9,14-15,18,20H,10-13,16-17H2,1-5H3,(H,27,29). The van der Waals surface area contributed by atoms with E-state index in [0.717, 1.165) is 49.7 Å². The second-order valence-electron chi connectivity index (χ2n) is 8.80. The van der Waals surface area contributed by atoms with Crippen molar-refractivity contribution in [3.63, 3.8) is 0 Å². The highest BCUT2D eigenvalue weighted by molar-refractivity contribution is 5.93. The van der Waals surface area contributed by atoms with Gasteiger partial charge in [0.1, 0.15) is 0 Å². The molecule has 0 radical (unpaired) electrons. The van der Waals surface area contributed by atoms with Crippen LogP contribution in [0.4, 0.5) is 5.69 Å². The molecule has 33 heavy (non-hydrogen) atoms. The second kappa shape index (κ2) is 11.8. The average Bonchev–Trinajstić information content (AvgIpc) is 2.83. The fraction of sp³-hybridized carbons (Fsp3) is 0.500. The third-order valence-corrected chi connectivity index (χ3v) is 5.82. The van der Waals surface area contributed by atoms with Crippen LogP contribution in [0.3, 0.4) is 0 Å². The Morgan fingerprint density at radius 2 is 1.58 bits per heavy atom. The Hall–Kier alpha value is -2.93. The second-order valence-corrected chi connectivity index (χ2v) is 8.80. The first-order valence-corrected chi connectivity index (χ1v) is 11.5. The Labute approximate surface area is 197 Å². The van der Waals surface area contributed by atoms with Crippen molar-refractivity contribution >= 4 is 11.6 Å². The van der Waals surface area contributed by atoms with Crippen molar-refractivity contribution in [1.82, 2.24) is 4.90 Å². The van der Waals surface area contributed by atoms with Crippen molar-refractivity contribution < 1.29 is 23.7 Å². The zero-order valence-corrected chi connectivity index (χ0v) is 20.3. The van der Waals surface area contributed by atoms with Crippen LogP contribution >= 0.6 is 0 Å². The summed E-state index contributed by atoms with van der Waals surface area (Å²) < 4.78 is 22.0. The lowest BCUT2D eigenvalue weighted by Gasteiger charge is -2.31. The Kier molecular flexibility index (Phi) is 8.83. The van der Waals surface area contributed by atoms with Gasteiger partial charge in [0, 0.05) is 24.2 Å². The Morgan fingerprint density at radius 1 is 0.939 bits per heavy atom. The molecule has 1 amide bonds. The van der Waals surface area contributed by atoms with Gasteiger partial charge in [-0.2, -0.15) is 0 Å². The number of anilines is 1. The highest BCUT2D eigenvalue weighted by atomic mass is 16.5. The number of hydrogen-bond acceptors (Lipinski definition) is 6. The van der Waals surface area contributed by atoms with Gasteiger partial charge in [-0.05, 0) is 61.7 Å². The molecule has 0 aliphatic carbocycles. The van der Waals surface area contributed by atoms with E-state index in [0.29, 0.717) is 24.0 Å². The van der Waals surface area contributed by atoms with Gasteiger partial charge in [-0.15, -0.1) is 0 Å². The third kappa shape index (κ3) is 6.78. The smallest absolute Gasteiger partial charge is 0.227 e. The van der Waals surface area contributed by atoms with Gasteiger partial charge < -0.3 is 24.3 Å². The van der Waals surface area contributed by atoms with Crippen molar-refractivity contribution in [2.24, 2.45) is 11.8 Å². The van der Waals surface area contributed by atoms with Gasteiger partial charge in [0.25, 0.3) is 0 Å². The molecule has 3 rings (SSSR count). The summed E-state index contributed by atoms with van der Waals surface area (Å²) in [4.78, 5) is 15.3. The summed E-state index contributed by atoms with van der Waals surface area (Å²) >= 11 is 0. The van der Waals surface area contributed by atoms with Crippen molar-refractivity contribution in [2.75, 3.05) is 46.3 Å². The van der Waals surface area contributed by atoms with E-state index in [1.807, 2.05) is 30.3 Å². The van der Waals surface area contributed by atoms with E-state index in [2.05, 4.69) is 30.1 Å². The molecule has 1 N–H and O–H groups in total. The monoisotopic (exact) mass is 456 g/mol. The van der Waals surface area contributed by atoms with Crippen molar-refractivity contribution in [1.29, 1.82) is 0 Å². The van der Waals surface area contributed by atoms with Crippen molar-refractivity contribution in [3.05, 3.63) is 42.0 Å². The maximum absolute atomic E-state index is 12.9. The van der Waals surface area contributed by atoms with Crippen LogP contribution in [0.15, 0.2) is 36.4 Å². The highest BCUT2D eigenvalue weighted by Gasteiger charge is 2.25. The quantitative estimate of drug-likeness (QED) is 0.564. The maximum Gasteiger partial charge on any atom is 0.227 e. The normalized spacial score (nSPS) is 14.7. The topological polar surface area (TPSA) is 69.3 Å². The van der Waals surface area contributed by atoms with Gasteiger partial charge in [-0.1, -0.05) is 19.9 Å². The predicted molar refractivity (Wildman–Crippen MR) is 130 cm³/mol. The molecule has 180 valence electrons. The molecule has 1 fully saturated rings. The first kappa shape index (κ1) is 24.7. The van der Waals surface area contributed by atoms with Gasteiger partial charge in [0.2, 0.25) is 5.91 Å². The summed E-state index contributed by atoms with van der Waals surface area (Å²) in [6.07, 6.45) is 1.65. The summed E-state index contributed by atoms with van der Waals surface area (Å²) in [6.45, 7) is 7.34. The van der Waals surface area contributed by atoms with E-state index < -0.39 is 0 Å². The number of rotatable bonds is 10. The van der Waals surface area contributed by atoms with Crippen LogP contribution in [-0.4, -0.2) is 51.8 Å². The number of ether oxygens (including phenoxy) is 4. The number of carbonyl (C=O) groups is 1. The van der Waals surface area contributed by atoms with E-state index in [1.165, 1.54) is 5.56 Å². The highest BCUT2D eigenvalue weighted by Crippen LogP contribution is 2.32. The molecule has 1 heterocycles. The molecule has 0 unspecified atom stereocenters. The summed E-state index contributed by atoms with van der Waals surface area (Å²) in [7, 11) is 4.90. The zero-order chi connectivity index (χ0) is 23.8. The largest absolute Gasteiger partial charge is 0.493 e. The number of nitrogens with one attached hydrogen (secondary N) is 1. The van der Waals surface area contributed by atoms with Crippen LogP contribution in [0.1, 0.15) is 32.3 Å². The first-order chi connectivity index (χ1) is 15.9. The number of benzene rings is 2. The molecule has 7 nitrogen and oxygen atoms in total. The lowest BCUT2D eigenvalue weighted by atomic mass is 9.95. The fourth-order valence-corrected chi connectivity index (χ4v) is 3.96. The predicted octanol–water partition coefficient (Wildman–Crippen LogP) is 4.60. The molecule has 0 atom stereocenters. The van der Waals surface area contributed by atoms with Gasteiger partial charge in [0.05, 0.1) is 27.9 Å². The molecule has 0 bridgehead atoms. The van der Waals surface area contributed by atoms with Crippen LogP contribution in [0.25, 0.3) is 0 Å². The number of hydrogen-bond donors (Lipinski definition) is 1. The van der Waals surface area contributed by atoms with Crippen molar-refractivity contribution in [3.8, 4) is 23.0 Å². The molecule has 2 aromatic rings. The van der Waals surface area contributed by atoms with Crippen LogP contribution < -0.4 is 24.3 Å². The SMILES string of the molecule is COc1ccc(CN2CCC(C(=O)Nc3ccc(OC)c(OCC(C)C)c3)CC2)cc1OC. The number of methoxy groups -OCH3 is 3. The van der Waals surface area contributed by atoms with E-state index in [9.17, 15) is 4.79 Å². The molecular formula is C26H36N2O5. The summed E-state index contributed by atoms with van der Waals surface area (Å²) in [5.74, 6) is 3.23. The molecular weight excluding hydrogens is 420 g/mol. The van der Waals surface area contributed by atoms with Crippen molar-refractivity contribution in [2.45, 2.75) is 33.2 Å². The minimum atomic E-state index is -0.00575. The number of piperidine rings is 1. The van der Waals surface area contributed by atoms with Gasteiger partial charge in [-0.25, -0.2) is 0 Å². The first-order valence-electron chi connectivity index (χ1n) is 11.5. The van der Waals surface area contributed by atoms with E-state index in [4.69, 9.17) is 18.9 Å². The molecule has 2 aromatic carbocycles. The molecule has 1 aliphatic heterocycles. The number of likely N-dealkylation sites (tertiary alicyclic amines) is 1. The number of amides is 1. The minimum Gasteiger partial charge on any atom is -0.493 e. The van der Waals surface area contributed by atoms with Crippen LogP contribution in [-0.2, 0) is 11.3 Å². The Bertz CT molecular complexity index is 923. The van der Waals surface area contributed by atoms with Gasteiger partial charge in [0.15, 0.2) is 23.0 Å². The zero-order valence-electron chi connectivity index (χ0n) is 20.3. The Balaban J connectivity index is 1.54. The lowest BCUT2D eigenvalue weighted by Crippen LogP contribution is -2.37. The average molecular weight is 457 g/mol. The van der Waals surface area contributed by atoms with Crippen LogP contribution in [0.2, 0.25) is 0 Å². The van der Waals surface area contributed by atoms with E-state index in [-0.39, 0.29) is 11.8 Å². The van der Waals surface area contributed by atoms with Gasteiger partial charge in [-0.3, -0.25) is 9.69 Å². The lowest BCUT2D eigenvalue weighted by molar-refractivity contribution is -0.121. The molecule has 0 spiro atoms. The number of carbonyl (C=O) groups excluding carboxylic acids is 1. The maximum atomic E-state index is 12.9. The number of nitrogens with zero attached hydrogens (tertiary/aromatic N) is 1. The molecule has 0 saturated carbocycles. The third-order valence-electron chi connectivity index (χ3n) is 5.82. The molecule has 0 aromatic heterocycles. The summed E-state index contributed by atoms with van der Waals surface area (Å²) in [5.41, 5.74) is 1.90. The van der Waals surface area contributed by atoms with E-state index in [1.54, 1.807) is 21.3 Å². The summed E-state index contributed by atoms with van der Waals surface area (Å²) in [5, 5.41) is 3.06. The summed E-state index contributed by atoms with van der Waals surface area (Å²) in [6, 6.07) is 11.5. The molecule has 1 saturated heterocycles. The van der Waals surface area contributed by atoms with Crippen LogP contribution in [0, 0.1) is 11.8 Å². The van der Waals surface area contributed by atoms with Crippen LogP contribution in [0.5, 0.6) is 23.0 Å². The molecule has 1 aliphatic rings. The minimum absolute atomic E-state index is 0.00575. The fourth-order valence-electron chi connectivity index (χ4n) is 3.96. The van der Waals surface area contributed by atoms with E-state index >= 15 is 0 Å². The Morgan fingerprint density at radius 3 is 2.21 bits per heavy atom. The van der Waals surface area contributed by atoms with Gasteiger partial charge >= 0.3 is 0 Å².